The first kappa shape index (κ1) is 31.7. The van der Waals surface area contributed by atoms with Crippen molar-refractivity contribution in [3.63, 3.8) is 0 Å². The minimum atomic E-state index is -0.830. The SMILES string of the molecule is Cc1ccc([C@@H](C)NC(=O)c2cc(C)cc(C(=O)N[C@@H](Cc3ccccc3)[C@H](O)CN(C)[C@@H](C)c3ccccc3)c2)cc1. The number of carbonyl (C=O) groups is 2. The van der Waals surface area contributed by atoms with Gasteiger partial charge >= 0.3 is 0 Å². The third-order valence-corrected chi connectivity index (χ3v) is 8.02. The van der Waals surface area contributed by atoms with Gasteiger partial charge in [0.15, 0.2) is 0 Å². The lowest BCUT2D eigenvalue weighted by Crippen LogP contribution is -2.49. The Labute approximate surface area is 255 Å². The van der Waals surface area contributed by atoms with Crippen LogP contribution < -0.4 is 10.6 Å². The van der Waals surface area contributed by atoms with Crippen molar-refractivity contribution in [3.05, 3.63) is 142 Å². The van der Waals surface area contributed by atoms with Gasteiger partial charge in [-0.2, -0.15) is 0 Å². The summed E-state index contributed by atoms with van der Waals surface area (Å²) in [5, 5.41) is 17.6. The second-order valence-electron chi connectivity index (χ2n) is 11.6. The monoisotopic (exact) mass is 577 g/mol. The molecule has 4 aromatic carbocycles. The van der Waals surface area contributed by atoms with Crippen LogP contribution in [0.25, 0.3) is 0 Å². The molecule has 0 bridgehead atoms. The van der Waals surface area contributed by atoms with E-state index in [0.29, 0.717) is 24.1 Å². The van der Waals surface area contributed by atoms with E-state index in [4.69, 9.17) is 0 Å². The predicted octanol–water partition coefficient (Wildman–Crippen LogP) is 6.19. The largest absolute Gasteiger partial charge is 0.390 e. The molecule has 4 aromatic rings. The Morgan fingerprint density at radius 2 is 1.28 bits per heavy atom. The summed E-state index contributed by atoms with van der Waals surface area (Å²) < 4.78 is 0. The van der Waals surface area contributed by atoms with Crippen LogP contribution in [0, 0.1) is 13.8 Å². The minimum Gasteiger partial charge on any atom is -0.390 e. The Hall–Kier alpha value is -4.26. The summed E-state index contributed by atoms with van der Waals surface area (Å²) in [4.78, 5) is 28.9. The van der Waals surface area contributed by atoms with Crippen LogP contribution in [0.15, 0.2) is 103 Å². The fraction of sp³-hybridized carbons (Fsp3) is 0.297. The lowest BCUT2D eigenvalue weighted by molar-refractivity contribution is 0.0656. The molecule has 0 aromatic heterocycles. The van der Waals surface area contributed by atoms with Gasteiger partial charge in [0.25, 0.3) is 11.8 Å². The van der Waals surface area contributed by atoms with E-state index >= 15 is 0 Å². The Kier molecular flexibility index (Phi) is 10.9. The highest BCUT2D eigenvalue weighted by Gasteiger charge is 2.26. The summed E-state index contributed by atoms with van der Waals surface area (Å²) in [5.41, 5.74) is 5.93. The molecule has 0 saturated carbocycles. The number of aliphatic hydroxyl groups is 1. The molecule has 0 aliphatic rings. The maximum atomic E-state index is 13.6. The van der Waals surface area contributed by atoms with E-state index in [1.807, 2.05) is 101 Å². The van der Waals surface area contributed by atoms with E-state index in [9.17, 15) is 14.7 Å². The molecule has 0 heterocycles. The average Bonchev–Trinajstić information content (AvgIpc) is 3.01. The second-order valence-corrected chi connectivity index (χ2v) is 11.6. The molecule has 0 saturated heterocycles. The normalized spacial score (nSPS) is 14.0. The van der Waals surface area contributed by atoms with Crippen molar-refractivity contribution >= 4 is 11.8 Å². The van der Waals surface area contributed by atoms with Crippen LogP contribution in [-0.4, -0.2) is 47.6 Å². The first-order chi connectivity index (χ1) is 20.6. The van der Waals surface area contributed by atoms with Crippen LogP contribution in [0.3, 0.4) is 0 Å². The number of benzene rings is 4. The molecule has 0 fully saturated rings. The number of nitrogens with one attached hydrogen (secondary N) is 2. The van der Waals surface area contributed by atoms with Crippen molar-refractivity contribution in [2.75, 3.05) is 13.6 Å². The molecule has 0 unspecified atom stereocenters. The van der Waals surface area contributed by atoms with E-state index in [1.165, 1.54) is 0 Å². The number of rotatable bonds is 12. The van der Waals surface area contributed by atoms with Gasteiger partial charge in [0.1, 0.15) is 0 Å². The zero-order chi connectivity index (χ0) is 30.9. The molecule has 224 valence electrons. The summed E-state index contributed by atoms with van der Waals surface area (Å²) in [5.74, 6) is -0.578. The van der Waals surface area contributed by atoms with Crippen molar-refractivity contribution in [3.8, 4) is 0 Å². The molecule has 0 spiro atoms. The van der Waals surface area contributed by atoms with Crippen LogP contribution in [0.2, 0.25) is 0 Å². The third-order valence-electron chi connectivity index (χ3n) is 8.02. The zero-order valence-electron chi connectivity index (χ0n) is 25.7. The maximum Gasteiger partial charge on any atom is 0.251 e. The first-order valence-corrected chi connectivity index (χ1v) is 14.9. The molecule has 3 N–H and O–H groups in total. The Balaban J connectivity index is 1.50. The molecule has 43 heavy (non-hydrogen) atoms. The fourth-order valence-electron chi connectivity index (χ4n) is 5.23. The summed E-state index contributed by atoms with van der Waals surface area (Å²) in [6, 6.07) is 32.6. The summed E-state index contributed by atoms with van der Waals surface area (Å²) in [6.45, 7) is 8.31. The highest BCUT2D eigenvalue weighted by molar-refractivity contribution is 6.00. The molecule has 4 rings (SSSR count). The van der Waals surface area contributed by atoms with Crippen molar-refractivity contribution in [2.45, 2.75) is 58.3 Å². The topological polar surface area (TPSA) is 81.7 Å². The number of aryl methyl sites for hydroxylation is 2. The van der Waals surface area contributed by atoms with Crippen molar-refractivity contribution in [1.29, 1.82) is 0 Å². The zero-order valence-corrected chi connectivity index (χ0v) is 25.7. The van der Waals surface area contributed by atoms with E-state index in [-0.39, 0.29) is 23.9 Å². The molecule has 0 radical (unpaired) electrons. The highest BCUT2D eigenvalue weighted by atomic mass is 16.3. The van der Waals surface area contributed by atoms with Gasteiger partial charge < -0.3 is 15.7 Å². The Bertz CT molecular complexity index is 1490. The van der Waals surface area contributed by atoms with Gasteiger partial charge in [-0.05, 0) is 81.6 Å². The first-order valence-electron chi connectivity index (χ1n) is 14.9. The van der Waals surface area contributed by atoms with E-state index in [2.05, 4.69) is 34.6 Å². The van der Waals surface area contributed by atoms with E-state index in [1.54, 1.807) is 18.2 Å². The van der Waals surface area contributed by atoms with Crippen molar-refractivity contribution < 1.29 is 14.7 Å². The maximum absolute atomic E-state index is 13.6. The molecule has 6 nitrogen and oxygen atoms in total. The van der Waals surface area contributed by atoms with E-state index in [0.717, 1.165) is 27.8 Å². The molecule has 4 atom stereocenters. The van der Waals surface area contributed by atoms with Gasteiger partial charge in [0.05, 0.1) is 18.2 Å². The van der Waals surface area contributed by atoms with Crippen LogP contribution >= 0.6 is 0 Å². The Morgan fingerprint density at radius 3 is 1.88 bits per heavy atom. The van der Waals surface area contributed by atoms with Crippen molar-refractivity contribution in [2.24, 2.45) is 0 Å². The number of amides is 2. The molecular weight excluding hydrogens is 534 g/mol. The summed E-state index contributed by atoms with van der Waals surface area (Å²) in [6.07, 6.45) is -0.364. The van der Waals surface area contributed by atoms with Gasteiger partial charge in [0, 0.05) is 23.7 Å². The van der Waals surface area contributed by atoms with Crippen LogP contribution in [0.5, 0.6) is 0 Å². The third kappa shape index (κ3) is 8.87. The number of carbonyl (C=O) groups excluding carboxylic acids is 2. The number of hydrogen-bond acceptors (Lipinski definition) is 4. The van der Waals surface area contributed by atoms with Crippen molar-refractivity contribution in [1.82, 2.24) is 15.5 Å². The standard InChI is InChI=1S/C37H43N3O3/c1-25-16-18-30(19-17-25)27(3)38-36(42)32-20-26(2)21-33(23-32)37(43)39-34(22-29-12-8-6-9-13-29)35(41)24-40(5)28(4)31-14-10-7-11-15-31/h6-21,23,27-28,34-35,41H,22,24H2,1-5H3,(H,38,42)(H,39,43)/t27-,28+,34+,35-/m1/s1. The van der Waals surface area contributed by atoms with Gasteiger partial charge in [-0.15, -0.1) is 0 Å². The average molecular weight is 578 g/mol. The Morgan fingerprint density at radius 1 is 0.721 bits per heavy atom. The van der Waals surface area contributed by atoms with Gasteiger partial charge in [0.2, 0.25) is 0 Å². The molecular formula is C37H43N3O3. The summed E-state index contributed by atoms with van der Waals surface area (Å²) in [7, 11) is 1.98. The fourth-order valence-corrected chi connectivity index (χ4v) is 5.23. The summed E-state index contributed by atoms with van der Waals surface area (Å²) >= 11 is 0. The predicted molar refractivity (Wildman–Crippen MR) is 173 cm³/mol. The van der Waals surface area contributed by atoms with Crippen LogP contribution in [0.1, 0.15) is 74.5 Å². The molecule has 0 aliphatic carbocycles. The highest BCUT2D eigenvalue weighted by Crippen LogP contribution is 2.20. The number of aliphatic hydroxyl groups excluding tert-OH is 1. The minimum absolute atomic E-state index is 0.0871. The lowest BCUT2D eigenvalue weighted by Gasteiger charge is -2.31. The number of likely N-dealkylation sites (N-methyl/N-ethyl adjacent to an activating group) is 1. The number of hydrogen-bond donors (Lipinski definition) is 3. The van der Waals surface area contributed by atoms with E-state index < -0.39 is 12.1 Å². The van der Waals surface area contributed by atoms with Crippen LogP contribution in [0.4, 0.5) is 0 Å². The quantitative estimate of drug-likeness (QED) is 0.188. The van der Waals surface area contributed by atoms with Gasteiger partial charge in [-0.25, -0.2) is 0 Å². The van der Waals surface area contributed by atoms with Gasteiger partial charge in [-0.1, -0.05) is 90.5 Å². The van der Waals surface area contributed by atoms with Crippen LogP contribution in [-0.2, 0) is 6.42 Å². The number of nitrogens with zero attached hydrogens (tertiary/aromatic N) is 1. The lowest BCUT2D eigenvalue weighted by atomic mass is 9.98. The molecule has 6 heteroatoms. The smallest absolute Gasteiger partial charge is 0.251 e. The second kappa shape index (κ2) is 14.8. The molecule has 0 aliphatic heterocycles. The molecule has 2 amide bonds. The van der Waals surface area contributed by atoms with Gasteiger partial charge in [-0.3, -0.25) is 14.5 Å².